The number of nitro groups is 1. The van der Waals surface area contributed by atoms with Gasteiger partial charge in [0.15, 0.2) is 0 Å². The van der Waals surface area contributed by atoms with E-state index < -0.39 is 4.92 Å². The molecule has 0 bridgehead atoms. The van der Waals surface area contributed by atoms with Gasteiger partial charge in [0.05, 0.1) is 10.6 Å². The monoisotopic (exact) mass is 471 g/mol. The standard InChI is InChI=1S/C27H29N5O3/c1-21(24-11-13-26(14-12-24)32(34)35)28-29-27(33)25-9-7-23(8-10-25)20-31-17-15-30(16-18-31)19-22-5-3-2-4-6-22/h2-14H,15-20H2,1H3,(H,29,33)/b28-21-. The van der Waals surface area contributed by atoms with Gasteiger partial charge in [0.25, 0.3) is 11.6 Å². The molecule has 0 atom stereocenters. The molecular formula is C27H29N5O3. The van der Waals surface area contributed by atoms with Gasteiger partial charge in [0.1, 0.15) is 0 Å². The number of piperazine rings is 1. The molecule has 1 saturated heterocycles. The van der Waals surface area contributed by atoms with E-state index in [2.05, 4.69) is 44.6 Å². The van der Waals surface area contributed by atoms with Crippen molar-refractivity contribution in [2.45, 2.75) is 20.0 Å². The largest absolute Gasteiger partial charge is 0.297 e. The fourth-order valence-electron chi connectivity index (χ4n) is 4.05. The Bertz CT molecular complexity index is 1170. The minimum atomic E-state index is -0.451. The lowest BCUT2D eigenvalue weighted by molar-refractivity contribution is -0.384. The Kier molecular flexibility index (Phi) is 7.97. The van der Waals surface area contributed by atoms with Crippen LogP contribution >= 0.6 is 0 Å². The lowest BCUT2D eigenvalue weighted by Crippen LogP contribution is -2.45. The highest BCUT2D eigenvalue weighted by atomic mass is 16.6. The SMILES string of the molecule is C/C(=N/NC(=O)c1ccc(CN2CCN(Cc3ccccc3)CC2)cc1)c1ccc([N+](=O)[O-])cc1. The molecule has 1 aliphatic heterocycles. The van der Waals surface area contributed by atoms with Crippen LogP contribution in [0.15, 0.2) is 84.0 Å². The first-order chi connectivity index (χ1) is 17.0. The summed E-state index contributed by atoms with van der Waals surface area (Å²) in [6.07, 6.45) is 0. The van der Waals surface area contributed by atoms with Crippen molar-refractivity contribution in [3.63, 3.8) is 0 Å². The topological polar surface area (TPSA) is 91.1 Å². The van der Waals surface area contributed by atoms with E-state index in [4.69, 9.17) is 0 Å². The number of hydrogen-bond acceptors (Lipinski definition) is 6. The number of amides is 1. The fourth-order valence-corrected chi connectivity index (χ4v) is 4.05. The Morgan fingerprint density at radius 3 is 1.89 bits per heavy atom. The maximum absolute atomic E-state index is 12.5. The molecule has 180 valence electrons. The number of rotatable bonds is 8. The molecule has 1 N–H and O–H groups in total. The molecule has 0 saturated carbocycles. The number of benzene rings is 3. The van der Waals surface area contributed by atoms with Gasteiger partial charge in [-0.3, -0.25) is 24.7 Å². The number of nitrogens with zero attached hydrogens (tertiary/aromatic N) is 4. The summed E-state index contributed by atoms with van der Waals surface area (Å²) in [6, 6.07) is 24.2. The molecule has 0 spiro atoms. The summed E-state index contributed by atoms with van der Waals surface area (Å²) in [5, 5.41) is 14.9. The van der Waals surface area contributed by atoms with Crippen molar-refractivity contribution in [3.05, 3.63) is 111 Å². The fraction of sp³-hybridized carbons (Fsp3) is 0.259. The van der Waals surface area contributed by atoms with E-state index in [9.17, 15) is 14.9 Å². The molecule has 1 aliphatic rings. The van der Waals surface area contributed by atoms with Gasteiger partial charge in [-0.15, -0.1) is 0 Å². The molecule has 0 radical (unpaired) electrons. The highest BCUT2D eigenvalue weighted by Gasteiger charge is 2.17. The van der Waals surface area contributed by atoms with Gasteiger partial charge in [-0.2, -0.15) is 5.10 Å². The van der Waals surface area contributed by atoms with E-state index in [1.54, 1.807) is 19.1 Å². The van der Waals surface area contributed by atoms with Crippen molar-refractivity contribution in [2.75, 3.05) is 26.2 Å². The van der Waals surface area contributed by atoms with E-state index >= 15 is 0 Å². The first kappa shape index (κ1) is 24.3. The van der Waals surface area contributed by atoms with Gasteiger partial charge in [-0.05, 0) is 47.9 Å². The summed E-state index contributed by atoms with van der Waals surface area (Å²) < 4.78 is 0. The Balaban J connectivity index is 1.25. The quantitative estimate of drug-likeness (QED) is 0.304. The predicted octanol–water partition coefficient (Wildman–Crippen LogP) is 4.07. The molecule has 8 nitrogen and oxygen atoms in total. The first-order valence-corrected chi connectivity index (χ1v) is 11.6. The number of hydrogen-bond donors (Lipinski definition) is 1. The molecular weight excluding hydrogens is 442 g/mol. The molecule has 4 rings (SSSR count). The Morgan fingerprint density at radius 1 is 0.829 bits per heavy atom. The second kappa shape index (κ2) is 11.5. The van der Waals surface area contributed by atoms with E-state index in [0.29, 0.717) is 16.8 Å². The highest BCUT2D eigenvalue weighted by Crippen LogP contribution is 2.14. The third-order valence-corrected chi connectivity index (χ3v) is 6.16. The summed E-state index contributed by atoms with van der Waals surface area (Å²) in [7, 11) is 0. The summed E-state index contributed by atoms with van der Waals surface area (Å²) >= 11 is 0. The zero-order valence-electron chi connectivity index (χ0n) is 19.8. The van der Waals surface area contributed by atoms with Crippen molar-refractivity contribution >= 4 is 17.3 Å². The highest BCUT2D eigenvalue weighted by molar-refractivity contribution is 6.01. The van der Waals surface area contributed by atoms with Crippen LogP contribution in [0.4, 0.5) is 5.69 Å². The van der Waals surface area contributed by atoms with Crippen LogP contribution in [0.2, 0.25) is 0 Å². The summed E-state index contributed by atoms with van der Waals surface area (Å²) in [5.74, 6) is -0.299. The molecule has 0 aromatic heterocycles. The average molecular weight is 472 g/mol. The van der Waals surface area contributed by atoms with Gasteiger partial charge >= 0.3 is 0 Å². The molecule has 1 fully saturated rings. The van der Waals surface area contributed by atoms with Crippen LogP contribution < -0.4 is 5.43 Å². The maximum Gasteiger partial charge on any atom is 0.271 e. The number of carbonyl (C=O) groups excluding carboxylic acids is 1. The van der Waals surface area contributed by atoms with Crippen LogP contribution in [0.3, 0.4) is 0 Å². The van der Waals surface area contributed by atoms with Crippen LogP contribution in [0.25, 0.3) is 0 Å². The zero-order chi connectivity index (χ0) is 24.6. The molecule has 0 aliphatic carbocycles. The second-order valence-corrected chi connectivity index (χ2v) is 8.68. The third kappa shape index (κ3) is 6.81. The van der Waals surface area contributed by atoms with E-state index in [1.165, 1.54) is 23.3 Å². The number of non-ortho nitro benzene ring substituents is 1. The van der Waals surface area contributed by atoms with Crippen molar-refractivity contribution in [1.29, 1.82) is 0 Å². The Labute approximate surface area is 205 Å². The van der Waals surface area contributed by atoms with Crippen LogP contribution in [-0.2, 0) is 13.1 Å². The number of nitro benzene ring substituents is 1. The molecule has 1 heterocycles. The molecule has 3 aromatic carbocycles. The van der Waals surface area contributed by atoms with Crippen LogP contribution in [0, 0.1) is 10.1 Å². The van der Waals surface area contributed by atoms with E-state index in [-0.39, 0.29) is 11.6 Å². The minimum absolute atomic E-state index is 0.0136. The second-order valence-electron chi connectivity index (χ2n) is 8.68. The van der Waals surface area contributed by atoms with Crippen LogP contribution in [0.5, 0.6) is 0 Å². The van der Waals surface area contributed by atoms with Crippen molar-refractivity contribution in [3.8, 4) is 0 Å². The normalized spacial score (nSPS) is 15.1. The lowest BCUT2D eigenvalue weighted by atomic mass is 10.1. The first-order valence-electron chi connectivity index (χ1n) is 11.6. The van der Waals surface area contributed by atoms with E-state index in [1.807, 2.05) is 30.3 Å². The lowest BCUT2D eigenvalue weighted by Gasteiger charge is -2.34. The van der Waals surface area contributed by atoms with Crippen molar-refractivity contribution < 1.29 is 9.72 Å². The van der Waals surface area contributed by atoms with Crippen molar-refractivity contribution in [2.24, 2.45) is 5.10 Å². The number of nitrogens with one attached hydrogen (secondary N) is 1. The number of hydrazone groups is 1. The van der Waals surface area contributed by atoms with Gasteiger partial charge in [0.2, 0.25) is 0 Å². The van der Waals surface area contributed by atoms with Gasteiger partial charge in [-0.1, -0.05) is 42.5 Å². The molecule has 3 aromatic rings. The molecule has 0 unspecified atom stereocenters. The molecule has 1 amide bonds. The maximum atomic E-state index is 12.5. The Morgan fingerprint density at radius 2 is 1.34 bits per heavy atom. The summed E-state index contributed by atoms with van der Waals surface area (Å²) in [5.41, 5.74) is 6.89. The number of carbonyl (C=O) groups is 1. The van der Waals surface area contributed by atoms with Gasteiger partial charge in [-0.25, -0.2) is 5.43 Å². The minimum Gasteiger partial charge on any atom is -0.297 e. The van der Waals surface area contributed by atoms with E-state index in [0.717, 1.165) is 39.3 Å². The predicted molar refractivity (Wildman–Crippen MR) is 136 cm³/mol. The molecule has 35 heavy (non-hydrogen) atoms. The average Bonchev–Trinajstić information content (AvgIpc) is 2.89. The Hall–Kier alpha value is -3.88. The smallest absolute Gasteiger partial charge is 0.271 e. The van der Waals surface area contributed by atoms with Gasteiger partial charge < -0.3 is 0 Å². The van der Waals surface area contributed by atoms with Crippen molar-refractivity contribution in [1.82, 2.24) is 15.2 Å². The van der Waals surface area contributed by atoms with Crippen LogP contribution in [-0.4, -0.2) is 52.5 Å². The zero-order valence-corrected chi connectivity index (χ0v) is 19.8. The van der Waals surface area contributed by atoms with Crippen LogP contribution in [0.1, 0.15) is 34.0 Å². The molecule has 8 heteroatoms. The summed E-state index contributed by atoms with van der Waals surface area (Å²) in [4.78, 5) is 27.7. The third-order valence-electron chi connectivity index (χ3n) is 6.16. The van der Waals surface area contributed by atoms with Gasteiger partial charge in [0, 0.05) is 57.0 Å². The summed E-state index contributed by atoms with van der Waals surface area (Å²) in [6.45, 7) is 7.72.